The predicted octanol–water partition coefficient (Wildman–Crippen LogP) is 3.59. The maximum atomic E-state index is 12.8. The Kier molecular flexibility index (Phi) is 6.22. The van der Waals surface area contributed by atoms with Gasteiger partial charge in [0.25, 0.3) is 5.22 Å². The Morgan fingerprint density at radius 3 is 2.52 bits per heavy atom. The predicted molar refractivity (Wildman–Crippen MR) is 126 cm³/mol. The van der Waals surface area contributed by atoms with E-state index in [1.807, 2.05) is 23.1 Å². The molecule has 1 fully saturated rings. The summed E-state index contributed by atoms with van der Waals surface area (Å²) in [7, 11) is -3.46. The van der Waals surface area contributed by atoms with Crippen molar-refractivity contribution >= 4 is 33.4 Å². The number of benzene rings is 2. The Bertz CT molecular complexity index is 1250. The van der Waals surface area contributed by atoms with Gasteiger partial charge in [-0.15, -0.1) is 10.2 Å². The fourth-order valence-electron chi connectivity index (χ4n) is 4.23. The number of amides is 1. The van der Waals surface area contributed by atoms with Gasteiger partial charge in [-0.25, -0.2) is 8.42 Å². The molecule has 1 aromatic heterocycles. The SMILES string of the molecule is O=C(CSc1nnc(-c2ccc(S(=O)(=O)N3CCCC3)cc2)o1)N1CCCc2ccccc21. The van der Waals surface area contributed by atoms with Gasteiger partial charge in [-0.05, 0) is 61.6 Å². The molecule has 2 aliphatic rings. The van der Waals surface area contributed by atoms with Crippen LogP contribution in [-0.2, 0) is 21.2 Å². The summed E-state index contributed by atoms with van der Waals surface area (Å²) in [6.07, 6.45) is 3.72. The molecule has 3 heterocycles. The van der Waals surface area contributed by atoms with E-state index in [4.69, 9.17) is 4.42 Å². The molecule has 2 aliphatic heterocycles. The molecule has 8 nitrogen and oxygen atoms in total. The molecule has 0 atom stereocenters. The number of para-hydroxylation sites is 1. The molecule has 0 spiro atoms. The molecule has 5 rings (SSSR count). The maximum Gasteiger partial charge on any atom is 0.277 e. The second-order valence-electron chi connectivity index (χ2n) is 8.08. The van der Waals surface area contributed by atoms with E-state index in [0.29, 0.717) is 36.3 Å². The Morgan fingerprint density at radius 1 is 0.970 bits per heavy atom. The van der Waals surface area contributed by atoms with Gasteiger partial charge in [0, 0.05) is 30.9 Å². The highest BCUT2D eigenvalue weighted by Gasteiger charge is 2.27. The van der Waals surface area contributed by atoms with Crippen LogP contribution in [-0.4, -0.2) is 54.2 Å². The third kappa shape index (κ3) is 4.55. The molecule has 0 saturated carbocycles. The summed E-state index contributed by atoms with van der Waals surface area (Å²) in [6.45, 7) is 1.84. The number of anilines is 1. The smallest absolute Gasteiger partial charge is 0.277 e. The van der Waals surface area contributed by atoms with Gasteiger partial charge in [-0.3, -0.25) is 4.79 Å². The number of aryl methyl sites for hydroxylation is 1. The summed E-state index contributed by atoms with van der Waals surface area (Å²) >= 11 is 1.20. The second-order valence-corrected chi connectivity index (χ2v) is 10.9. The van der Waals surface area contributed by atoms with Crippen molar-refractivity contribution in [3.05, 3.63) is 54.1 Å². The molecule has 0 aliphatic carbocycles. The van der Waals surface area contributed by atoms with Gasteiger partial charge in [0.05, 0.1) is 10.6 Å². The van der Waals surface area contributed by atoms with Crippen molar-refractivity contribution < 1.29 is 17.6 Å². The van der Waals surface area contributed by atoms with Crippen LogP contribution < -0.4 is 4.90 Å². The molecule has 10 heteroatoms. The summed E-state index contributed by atoms with van der Waals surface area (Å²) in [5.74, 6) is 0.491. The van der Waals surface area contributed by atoms with Crippen LogP contribution in [0.5, 0.6) is 0 Å². The molecule has 0 radical (unpaired) electrons. The minimum atomic E-state index is -3.46. The highest BCUT2D eigenvalue weighted by atomic mass is 32.2. The third-order valence-electron chi connectivity index (χ3n) is 5.94. The van der Waals surface area contributed by atoms with Crippen LogP contribution >= 0.6 is 11.8 Å². The third-order valence-corrected chi connectivity index (χ3v) is 8.66. The van der Waals surface area contributed by atoms with Crippen LogP contribution in [0.1, 0.15) is 24.8 Å². The zero-order valence-electron chi connectivity index (χ0n) is 18.0. The lowest BCUT2D eigenvalue weighted by molar-refractivity contribution is -0.116. The van der Waals surface area contributed by atoms with Crippen molar-refractivity contribution in [2.45, 2.75) is 35.8 Å². The number of carbonyl (C=O) groups excluding carboxylic acids is 1. The first kappa shape index (κ1) is 22.1. The Balaban J connectivity index is 1.23. The Hall–Kier alpha value is -2.69. The second kappa shape index (κ2) is 9.28. The summed E-state index contributed by atoms with van der Waals surface area (Å²) in [5.41, 5.74) is 2.80. The molecule has 33 heavy (non-hydrogen) atoms. The van der Waals surface area contributed by atoms with Crippen LogP contribution in [0.2, 0.25) is 0 Å². The van der Waals surface area contributed by atoms with Crippen LogP contribution in [0.3, 0.4) is 0 Å². The number of fused-ring (bicyclic) bond motifs is 1. The Morgan fingerprint density at radius 2 is 1.73 bits per heavy atom. The number of sulfonamides is 1. The summed E-state index contributed by atoms with van der Waals surface area (Å²) in [5, 5.41) is 8.40. The summed E-state index contributed by atoms with van der Waals surface area (Å²) in [4.78, 5) is 14.9. The van der Waals surface area contributed by atoms with Crippen molar-refractivity contribution in [3.8, 4) is 11.5 Å². The van der Waals surface area contributed by atoms with Gasteiger partial charge in [0.1, 0.15) is 0 Å². The van der Waals surface area contributed by atoms with Crippen molar-refractivity contribution in [2.75, 3.05) is 30.3 Å². The van der Waals surface area contributed by atoms with Gasteiger partial charge in [0.15, 0.2) is 0 Å². The molecule has 0 N–H and O–H groups in total. The quantitative estimate of drug-likeness (QED) is 0.493. The molecule has 1 amide bonds. The molecule has 1 saturated heterocycles. The minimum absolute atomic E-state index is 0.00312. The van der Waals surface area contributed by atoms with Crippen molar-refractivity contribution in [1.82, 2.24) is 14.5 Å². The number of thioether (sulfide) groups is 1. The Labute approximate surface area is 197 Å². The van der Waals surface area contributed by atoms with Gasteiger partial charge in [-0.2, -0.15) is 4.31 Å². The maximum absolute atomic E-state index is 12.8. The molecule has 3 aromatic rings. The average molecular weight is 485 g/mol. The molecule has 0 unspecified atom stereocenters. The summed E-state index contributed by atoms with van der Waals surface area (Å²) < 4.78 is 32.6. The lowest BCUT2D eigenvalue weighted by atomic mass is 10.0. The van der Waals surface area contributed by atoms with Crippen LogP contribution in [0.15, 0.2) is 63.1 Å². The number of hydrogen-bond acceptors (Lipinski definition) is 7. The normalized spacial score (nSPS) is 16.7. The largest absolute Gasteiger partial charge is 0.411 e. The van der Waals surface area contributed by atoms with E-state index < -0.39 is 10.0 Å². The van der Waals surface area contributed by atoms with Crippen molar-refractivity contribution in [2.24, 2.45) is 0 Å². The van der Waals surface area contributed by atoms with Gasteiger partial charge in [0.2, 0.25) is 21.8 Å². The van der Waals surface area contributed by atoms with Crippen LogP contribution in [0, 0.1) is 0 Å². The molecular formula is C23H24N4O4S2. The van der Waals surface area contributed by atoms with E-state index in [-0.39, 0.29) is 16.6 Å². The van der Waals surface area contributed by atoms with Crippen molar-refractivity contribution in [3.63, 3.8) is 0 Å². The van der Waals surface area contributed by atoms with Gasteiger partial charge >= 0.3 is 0 Å². The van der Waals surface area contributed by atoms with E-state index in [1.54, 1.807) is 24.3 Å². The van der Waals surface area contributed by atoms with E-state index in [0.717, 1.165) is 31.4 Å². The van der Waals surface area contributed by atoms with Gasteiger partial charge < -0.3 is 9.32 Å². The topological polar surface area (TPSA) is 96.6 Å². The monoisotopic (exact) mass is 484 g/mol. The highest BCUT2D eigenvalue weighted by Crippen LogP contribution is 2.29. The number of rotatable bonds is 6. The van der Waals surface area contributed by atoms with E-state index in [9.17, 15) is 13.2 Å². The van der Waals surface area contributed by atoms with Crippen LogP contribution in [0.25, 0.3) is 11.5 Å². The van der Waals surface area contributed by atoms with E-state index in [2.05, 4.69) is 16.3 Å². The fourth-order valence-corrected chi connectivity index (χ4v) is 6.38. The number of nitrogens with zero attached hydrogens (tertiary/aromatic N) is 4. The zero-order valence-corrected chi connectivity index (χ0v) is 19.6. The molecule has 172 valence electrons. The highest BCUT2D eigenvalue weighted by molar-refractivity contribution is 7.99. The first-order chi connectivity index (χ1) is 16.0. The number of aromatic nitrogens is 2. The van der Waals surface area contributed by atoms with Crippen LogP contribution in [0.4, 0.5) is 5.69 Å². The van der Waals surface area contributed by atoms with E-state index >= 15 is 0 Å². The minimum Gasteiger partial charge on any atom is -0.411 e. The molecular weight excluding hydrogens is 460 g/mol. The fraction of sp³-hybridized carbons (Fsp3) is 0.348. The van der Waals surface area contributed by atoms with E-state index in [1.165, 1.54) is 21.6 Å². The lowest BCUT2D eigenvalue weighted by Crippen LogP contribution is -2.36. The zero-order chi connectivity index (χ0) is 22.8. The first-order valence-corrected chi connectivity index (χ1v) is 13.4. The van der Waals surface area contributed by atoms with Gasteiger partial charge in [-0.1, -0.05) is 30.0 Å². The van der Waals surface area contributed by atoms with Crippen molar-refractivity contribution in [1.29, 1.82) is 0 Å². The standard InChI is InChI=1S/C23H24N4O4S2/c28-21(27-15-5-7-17-6-1-2-8-20(17)27)16-32-23-25-24-22(31-23)18-9-11-19(12-10-18)33(29,30)26-13-3-4-14-26/h1-2,6,8-12H,3-5,7,13-16H2. The lowest BCUT2D eigenvalue weighted by Gasteiger charge is -2.29. The molecule has 0 bridgehead atoms. The number of carbonyl (C=O) groups is 1. The summed E-state index contributed by atoms with van der Waals surface area (Å²) in [6, 6.07) is 14.5. The molecule has 2 aromatic carbocycles. The average Bonchev–Trinajstić information content (AvgIpc) is 3.55. The first-order valence-electron chi connectivity index (χ1n) is 11.0. The number of hydrogen-bond donors (Lipinski definition) is 0.